The molecule has 0 unspecified atom stereocenters. The maximum Gasteiger partial charge on any atom is 0.0965 e. The first kappa shape index (κ1) is 8.77. The van der Waals surface area contributed by atoms with Gasteiger partial charge < -0.3 is 5.73 Å². The molecule has 0 saturated heterocycles. The van der Waals surface area contributed by atoms with Gasteiger partial charge in [0.15, 0.2) is 0 Å². The number of nitrogens with one attached hydrogen (secondary N) is 1. The lowest BCUT2D eigenvalue weighted by Crippen LogP contribution is -2.15. The molecular weight excluding hydrogens is 152 g/mol. The third kappa shape index (κ3) is 1.84. The van der Waals surface area contributed by atoms with Gasteiger partial charge >= 0.3 is 0 Å². The lowest BCUT2D eigenvalue weighted by Gasteiger charge is -1.97. The zero-order valence-corrected chi connectivity index (χ0v) is 7.46. The summed E-state index contributed by atoms with van der Waals surface area (Å²) >= 11 is 0. The molecule has 12 heavy (non-hydrogen) atoms. The summed E-state index contributed by atoms with van der Waals surface area (Å²) in [6.07, 6.45) is 1.41. The van der Waals surface area contributed by atoms with Crippen LogP contribution >= 0.6 is 0 Å². The number of hydrogen-bond acceptors (Lipinski definition) is 2. The molecule has 0 radical (unpaired) electrons. The number of rotatable bonds is 3. The van der Waals surface area contributed by atoms with Crippen LogP contribution in [0.5, 0.6) is 0 Å². The third-order valence-corrected chi connectivity index (χ3v) is 1.76. The van der Waals surface area contributed by atoms with Gasteiger partial charge in [0.1, 0.15) is 0 Å². The molecule has 0 atom stereocenters. The number of nitrogens with zero attached hydrogens (tertiary/aromatic N) is 2. The Morgan fingerprint density at radius 1 is 1.75 bits per heavy atom. The number of nitrogens with two attached hydrogens (primary N) is 1. The molecular formula is C8H14N4. The van der Waals surface area contributed by atoms with Gasteiger partial charge in [0, 0.05) is 19.2 Å². The summed E-state index contributed by atoms with van der Waals surface area (Å²) in [7, 11) is 1.87. The zero-order chi connectivity index (χ0) is 9.14. The Bertz CT molecular complexity index is 287. The van der Waals surface area contributed by atoms with Crippen molar-refractivity contribution in [3.8, 4) is 0 Å². The van der Waals surface area contributed by atoms with Crippen LogP contribution in [0.4, 0.5) is 0 Å². The molecule has 0 bridgehead atoms. The van der Waals surface area contributed by atoms with Crippen LogP contribution in [0.2, 0.25) is 0 Å². The van der Waals surface area contributed by atoms with Crippen LogP contribution in [-0.4, -0.2) is 15.6 Å². The Hall–Kier alpha value is -1.32. The first-order valence-electron chi connectivity index (χ1n) is 3.98. The van der Waals surface area contributed by atoms with Gasteiger partial charge in [-0.2, -0.15) is 5.10 Å². The van der Waals surface area contributed by atoms with Crippen molar-refractivity contribution >= 4 is 5.84 Å². The molecule has 0 saturated carbocycles. The summed E-state index contributed by atoms with van der Waals surface area (Å²) in [6, 6.07) is 1.99. The van der Waals surface area contributed by atoms with Gasteiger partial charge in [-0.3, -0.25) is 10.1 Å². The molecule has 1 heterocycles. The van der Waals surface area contributed by atoms with Crippen molar-refractivity contribution in [1.29, 1.82) is 5.41 Å². The van der Waals surface area contributed by atoms with Crippen LogP contribution in [0.25, 0.3) is 0 Å². The monoisotopic (exact) mass is 166 g/mol. The Balaban J connectivity index is 2.84. The largest absolute Gasteiger partial charge is 0.387 e. The highest BCUT2D eigenvalue weighted by Gasteiger charge is 2.03. The summed E-state index contributed by atoms with van der Waals surface area (Å²) in [6.45, 7) is 2.06. The number of amidine groups is 1. The molecule has 3 N–H and O–H groups in total. The number of aryl methyl sites for hydroxylation is 2. The van der Waals surface area contributed by atoms with E-state index in [1.807, 2.05) is 13.1 Å². The standard InChI is InChI=1S/C8H14N4/c1-3-6-4-7(5-8(9)10)12(2)11-6/h4H,3,5H2,1-2H3,(H3,9,10). The van der Waals surface area contributed by atoms with Crippen molar-refractivity contribution in [3.05, 3.63) is 17.5 Å². The highest BCUT2D eigenvalue weighted by molar-refractivity contribution is 5.79. The van der Waals surface area contributed by atoms with Crippen molar-refractivity contribution < 1.29 is 0 Å². The van der Waals surface area contributed by atoms with Crippen molar-refractivity contribution in [1.82, 2.24) is 9.78 Å². The molecule has 0 amide bonds. The van der Waals surface area contributed by atoms with E-state index in [-0.39, 0.29) is 5.84 Å². The minimum absolute atomic E-state index is 0.181. The highest BCUT2D eigenvalue weighted by atomic mass is 15.3. The average molecular weight is 166 g/mol. The molecule has 1 rings (SSSR count). The van der Waals surface area contributed by atoms with E-state index >= 15 is 0 Å². The van der Waals surface area contributed by atoms with Gasteiger partial charge in [0.25, 0.3) is 0 Å². The summed E-state index contributed by atoms with van der Waals surface area (Å²) in [4.78, 5) is 0. The van der Waals surface area contributed by atoms with E-state index in [0.717, 1.165) is 17.8 Å². The zero-order valence-electron chi connectivity index (χ0n) is 7.46. The smallest absolute Gasteiger partial charge is 0.0965 e. The SMILES string of the molecule is CCc1cc(CC(=N)N)n(C)n1. The number of aromatic nitrogens is 2. The minimum Gasteiger partial charge on any atom is -0.387 e. The summed E-state index contributed by atoms with van der Waals surface area (Å²) < 4.78 is 1.78. The minimum atomic E-state index is 0.181. The van der Waals surface area contributed by atoms with Gasteiger partial charge in [-0.05, 0) is 12.5 Å². The topological polar surface area (TPSA) is 67.7 Å². The molecule has 4 nitrogen and oxygen atoms in total. The molecule has 0 aliphatic carbocycles. The fourth-order valence-corrected chi connectivity index (χ4v) is 1.10. The first-order chi connectivity index (χ1) is 5.63. The predicted octanol–water partition coefficient (Wildman–Crippen LogP) is 0.461. The first-order valence-corrected chi connectivity index (χ1v) is 3.98. The molecule has 1 aromatic heterocycles. The van der Waals surface area contributed by atoms with E-state index in [9.17, 15) is 0 Å². The van der Waals surface area contributed by atoms with Crippen molar-refractivity contribution in [2.24, 2.45) is 12.8 Å². The third-order valence-electron chi connectivity index (χ3n) is 1.76. The molecule has 66 valence electrons. The normalized spacial score (nSPS) is 10.2. The van der Waals surface area contributed by atoms with E-state index in [4.69, 9.17) is 11.1 Å². The fourth-order valence-electron chi connectivity index (χ4n) is 1.10. The van der Waals surface area contributed by atoms with Gasteiger partial charge in [-0.25, -0.2) is 0 Å². The van der Waals surface area contributed by atoms with Crippen molar-refractivity contribution in [2.75, 3.05) is 0 Å². The second-order valence-corrected chi connectivity index (χ2v) is 2.81. The van der Waals surface area contributed by atoms with Crippen LogP contribution in [0.3, 0.4) is 0 Å². The van der Waals surface area contributed by atoms with E-state index in [1.54, 1.807) is 4.68 Å². The van der Waals surface area contributed by atoms with Crippen molar-refractivity contribution in [3.63, 3.8) is 0 Å². The molecule has 4 heteroatoms. The molecule has 0 aliphatic heterocycles. The van der Waals surface area contributed by atoms with Crippen LogP contribution in [0.1, 0.15) is 18.3 Å². The van der Waals surface area contributed by atoms with Gasteiger partial charge in [-0.1, -0.05) is 6.92 Å². The summed E-state index contributed by atoms with van der Waals surface area (Å²) in [5, 5.41) is 11.4. The summed E-state index contributed by atoms with van der Waals surface area (Å²) in [5.74, 6) is 0.181. The van der Waals surface area contributed by atoms with Crippen LogP contribution < -0.4 is 5.73 Å². The highest BCUT2D eigenvalue weighted by Crippen LogP contribution is 2.03. The predicted molar refractivity (Wildman–Crippen MR) is 48.2 cm³/mol. The Labute approximate surface area is 71.9 Å². The van der Waals surface area contributed by atoms with E-state index < -0.39 is 0 Å². The second kappa shape index (κ2) is 3.38. The lowest BCUT2D eigenvalue weighted by atomic mass is 10.2. The Morgan fingerprint density at radius 2 is 2.42 bits per heavy atom. The molecule has 0 aromatic carbocycles. The molecule has 0 spiro atoms. The van der Waals surface area contributed by atoms with Gasteiger partial charge in [0.2, 0.25) is 0 Å². The Morgan fingerprint density at radius 3 is 2.83 bits per heavy atom. The Kier molecular flexibility index (Phi) is 2.47. The number of hydrogen-bond donors (Lipinski definition) is 2. The maximum absolute atomic E-state index is 7.13. The van der Waals surface area contributed by atoms with Crippen LogP contribution in [0, 0.1) is 5.41 Å². The van der Waals surface area contributed by atoms with E-state index in [2.05, 4.69) is 12.0 Å². The maximum atomic E-state index is 7.13. The summed E-state index contributed by atoms with van der Waals surface area (Å²) in [5.41, 5.74) is 7.34. The van der Waals surface area contributed by atoms with Crippen LogP contribution in [0.15, 0.2) is 6.07 Å². The average Bonchev–Trinajstić information content (AvgIpc) is 2.31. The molecule has 1 aromatic rings. The van der Waals surface area contributed by atoms with Crippen molar-refractivity contribution in [2.45, 2.75) is 19.8 Å². The van der Waals surface area contributed by atoms with Gasteiger partial charge in [0.05, 0.1) is 11.5 Å². The molecule has 0 fully saturated rings. The second-order valence-electron chi connectivity index (χ2n) is 2.81. The fraction of sp³-hybridized carbons (Fsp3) is 0.500. The van der Waals surface area contributed by atoms with Gasteiger partial charge in [-0.15, -0.1) is 0 Å². The van der Waals surface area contributed by atoms with Crippen LogP contribution in [-0.2, 0) is 19.9 Å². The molecule has 0 aliphatic rings. The quantitative estimate of drug-likeness (QED) is 0.506. The van der Waals surface area contributed by atoms with E-state index in [1.165, 1.54) is 0 Å². The van der Waals surface area contributed by atoms with E-state index in [0.29, 0.717) is 6.42 Å². The lowest BCUT2D eigenvalue weighted by molar-refractivity contribution is 0.715.